The molecule has 0 bridgehead atoms. The molecule has 0 fully saturated rings. The van der Waals surface area contributed by atoms with Crippen LogP contribution in [0, 0.1) is 12.7 Å². The minimum Gasteiger partial charge on any atom is -0.350 e. The quantitative estimate of drug-likeness (QED) is 0.679. The summed E-state index contributed by atoms with van der Waals surface area (Å²) in [6, 6.07) is 14.4. The number of benzene rings is 2. The molecule has 0 saturated carbocycles. The highest BCUT2D eigenvalue weighted by Crippen LogP contribution is 2.17. The average Bonchev–Trinajstić information content (AvgIpc) is 3.12. The zero-order valence-electron chi connectivity index (χ0n) is 15.3. The normalized spacial score (nSPS) is 10.6. The molecular weight excluding hydrogens is 363 g/mol. The number of likely N-dealkylation sites (N-methyl/N-ethyl adjacent to an activating group) is 1. The lowest BCUT2D eigenvalue weighted by Gasteiger charge is -2.14. The number of carbonyl (C=O) groups excluding carboxylic acids is 1. The molecule has 5 nitrogen and oxygen atoms in total. The lowest BCUT2D eigenvalue weighted by atomic mass is 10.1. The van der Waals surface area contributed by atoms with Gasteiger partial charge in [0.05, 0.1) is 6.54 Å². The minimum atomic E-state index is -0.289. The molecule has 3 rings (SSSR count). The molecule has 0 spiro atoms. The Bertz CT molecular complexity index is 893. The zero-order chi connectivity index (χ0) is 19.2. The Labute approximate surface area is 162 Å². The first-order chi connectivity index (χ1) is 13.0. The Morgan fingerprint density at radius 1 is 1.11 bits per heavy atom. The summed E-state index contributed by atoms with van der Waals surface area (Å²) in [5, 5.41) is 3.53. The van der Waals surface area contributed by atoms with E-state index in [4.69, 9.17) is 0 Å². The summed E-state index contributed by atoms with van der Waals surface area (Å²) >= 11 is 1.28. The maximum atomic E-state index is 12.9. The fourth-order valence-corrected chi connectivity index (χ4v) is 3.14. The number of nitrogens with zero attached hydrogens (tertiary/aromatic N) is 3. The summed E-state index contributed by atoms with van der Waals surface area (Å²) in [4.78, 5) is 18.4. The third kappa shape index (κ3) is 5.59. The van der Waals surface area contributed by atoms with Crippen molar-refractivity contribution in [2.45, 2.75) is 19.9 Å². The van der Waals surface area contributed by atoms with E-state index in [9.17, 15) is 9.18 Å². The molecule has 0 atom stereocenters. The van der Waals surface area contributed by atoms with Crippen LogP contribution in [0.15, 0.2) is 48.5 Å². The number of hydrogen-bond acceptors (Lipinski definition) is 5. The second-order valence-electron chi connectivity index (χ2n) is 6.41. The van der Waals surface area contributed by atoms with E-state index in [0.717, 1.165) is 17.0 Å². The van der Waals surface area contributed by atoms with Gasteiger partial charge in [0.15, 0.2) is 0 Å². The number of nitrogens with one attached hydrogen (secondary N) is 1. The number of rotatable bonds is 7. The summed E-state index contributed by atoms with van der Waals surface area (Å²) < 4.78 is 17.3. The average molecular weight is 384 g/mol. The van der Waals surface area contributed by atoms with E-state index in [1.165, 1.54) is 29.2 Å². The van der Waals surface area contributed by atoms with Crippen molar-refractivity contribution in [2.24, 2.45) is 0 Å². The topological polar surface area (TPSA) is 58.1 Å². The molecule has 140 valence electrons. The molecular formula is C20H21FN4OS. The van der Waals surface area contributed by atoms with E-state index in [-0.39, 0.29) is 18.3 Å². The molecule has 1 N–H and O–H groups in total. The minimum absolute atomic E-state index is 0.128. The van der Waals surface area contributed by atoms with Crippen LogP contribution in [-0.2, 0) is 17.8 Å². The van der Waals surface area contributed by atoms with Crippen molar-refractivity contribution < 1.29 is 9.18 Å². The molecule has 2 aromatic carbocycles. The summed E-state index contributed by atoms with van der Waals surface area (Å²) in [6.45, 7) is 2.60. The molecule has 0 aliphatic heterocycles. The van der Waals surface area contributed by atoms with Crippen LogP contribution in [0.4, 0.5) is 9.52 Å². The van der Waals surface area contributed by atoms with Gasteiger partial charge in [-0.15, -0.1) is 0 Å². The van der Waals surface area contributed by atoms with Crippen LogP contribution in [0.1, 0.15) is 22.5 Å². The number of amides is 1. The number of aromatic nitrogens is 2. The van der Waals surface area contributed by atoms with Crippen molar-refractivity contribution in [3.63, 3.8) is 0 Å². The van der Waals surface area contributed by atoms with Gasteiger partial charge in [0.2, 0.25) is 11.0 Å². The van der Waals surface area contributed by atoms with Crippen molar-refractivity contribution in [1.82, 2.24) is 14.7 Å². The fourth-order valence-electron chi connectivity index (χ4n) is 2.50. The predicted octanol–water partition coefficient (Wildman–Crippen LogP) is 3.33. The third-order valence-electron chi connectivity index (χ3n) is 4.05. The molecule has 1 aromatic heterocycles. The Hall–Kier alpha value is -2.80. The van der Waals surface area contributed by atoms with Crippen LogP contribution in [0.25, 0.3) is 0 Å². The van der Waals surface area contributed by atoms with Gasteiger partial charge in [0.1, 0.15) is 11.6 Å². The van der Waals surface area contributed by atoms with Crippen LogP contribution >= 0.6 is 11.5 Å². The second-order valence-corrected chi connectivity index (χ2v) is 7.15. The van der Waals surface area contributed by atoms with Gasteiger partial charge < -0.3 is 10.2 Å². The Morgan fingerprint density at radius 2 is 1.78 bits per heavy atom. The lowest BCUT2D eigenvalue weighted by molar-refractivity contribution is -0.119. The smallest absolute Gasteiger partial charge is 0.239 e. The van der Waals surface area contributed by atoms with Gasteiger partial charge >= 0.3 is 0 Å². The number of carbonyl (C=O) groups is 1. The first-order valence-electron chi connectivity index (χ1n) is 8.60. The highest BCUT2D eigenvalue weighted by atomic mass is 32.1. The van der Waals surface area contributed by atoms with E-state index in [1.54, 1.807) is 17.0 Å². The Kier molecular flexibility index (Phi) is 6.13. The molecule has 0 saturated heterocycles. The maximum absolute atomic E-state index is 12.9. The molecule has 0 aliphatic rings. The Balaban J connectivity index is 1.50. The highest BCUT2D eigenvalue weighted by molar-refractivity contribution is 7.09. The fraction of sp³-hybridized carbons (Fsp3) is 0.250. The number of halogens is 1. The molecule has 7 heteroatoms. The molecule has 0 aliphatic carbocycles. The number of hydrogen-bond donors (Lipinski definition) is 1. The third-order valence-corrected chi connectivity index (χ3v) is 4.92. The SMILES string of the molecule is Cc1ccc(Cc2nsc(N(C)CC(=O)NCc3ccc(F)cc3)n2)cc1. The van der Waals surface area contributed by atoms with Crippen LogP contribution in [-0.4, -0.2) is 28.9 Å². The summed E-state index contributed by atoms with van der Waals surface area (Å²) in [7, 11) is 1.81. The first-order valence-corrected chi connectivity index (χ1v) is 9.37. The van der Waals surface area contributed by atoms with Crippen molar-refractivity contribution in [2.75, 3.05) is 18.5 Å². The van der Waals surface area contributed by atoms with Crippen LogP contribution in [0.2, 0.25) is 0 Å². The molecule has 1 heterocycles. The zero-order valence-corrected chi connectivity index (χ0v) is 16.1. The first kappa shape index (κ1) is 19.0. The lowest BCUT2D eigenvalue weighted by Crippen LogP contribution is -2.34. The van der Waals surface area contributed by atoms with Gasteiger partial charge in [-0.3, -0.25) is 4.79 Å². The molecule has 3 aromatic rings. The number of aryl methyl sites for hydroxylation is 1. The largest absolute Gasteiger partial charge is 0.350 e. The molecule has 1 amide bonds. The molecule has 27 heavy (non-hydrogen) atoms. The van der Waals surface area contributed by atoms with Gasteiger partial charge in [0, 0.05) is 31.5 Å². The summed E-state index contributed by atoms with van der Waals surface area (Å²) in [5.41, 5.74) is 3.23. The molecule has 0 unspecified atom stereocenters. The van der Waals surface area contributed by atoms with Gasteiger partial charge in [-0.2, -0.15) is 4.37 Å². The second kappa shape index (κ2) is 8.73. The van der Waals surface area contributed by atoms with Crippen molar-refractivity contribution in [3.8, 4) is 0 Å². The van der Waals surface area contributed by atoms with E-state index in [0.29, 0.717) is 18.1 Å². The maximum Gasteiger partial charge on any atom is 0.239 e. The van der Waals surface area contributed by atoms with Crippen molar-refractivity contribution in [3.05, 3.63) is 76.9 Å². The van der Waals surface area contributed by atoms with Gasteiger partial charge in [-0.25, -0.2) is 9.37 Å². The van der Waals surface area contributed by atoms with Crippen LogP contribution in [0.5, 0.6) is 0 Å². The summed E-state index contributed by atoms with van der Waals surface area (Å²) in [6.07, 6.45) is 0.668. The number of anilines is 1. The van der Waals surface area contributed by atoms with Crippen LogP contribution in [0.3, 0.4) is 0 Å². The van der Waals surface area contributed by atoms with E-state index in [1.807, 2.05) is 7.05 Å². The standard InChI is InChI=1S/C20H21FN4OS/c1-14-3-5-15(6-4-14)11-18-23-20(27-24-18)25(2)13-19(26)22-12-16-7-9-17(21)10-8-16/h3-10H,11-13H2,1-2H3,(H,22,26). The van der Waals surface area contributed by atoms with Crippen molar-refractivity contribution in [1.29, 1.82) is 0 Å². The predicted molar refractivity (Wildman–Crippen MR) is 105 cm³/mol. The van der Waals surface area contributed by atoms with Crippen molar-refractivity contribution >= 4 is 22.6 Å². The van der Waals surface area contributed by atoms with Gasteiger partial charge in [-0.05, 0) is 30.2 Å². The highest BCUT2D eigenvalue weighted by Gasteiger charge is 2.12. The van der Waals surface area contributed by atoms with Gasteiger partial charge in [0.25, 0.3) is 0 Å². The van der Waals surface area contributed by atoms with Crippen LogP contribution < -0.4 is 10.2 Å². The van der Waals surface area contributed by atoms with E-state index in [2.05, 4.69) is 45.9 Å². The van der Waals surface area contributed by atoms with E-state index >= 15 is 0 Å². The molecule has 0 radical (unpaired) electrons. The Morgan fingerprint density at radius 3 is 2.48 bits per heavy atom. The van der Waals surface area contributed by atoms with Gasteiger partial charge in [-0.1, -0.05) is 42.0 Å². The summed E-state index contributed by atoms with van der Waals surface area (Å²) in [5.74, 6) is 0.331. The monoisotopic (exact) mass is 384 g/mol. The van der Waals surface area contributed by atoms with E-state index < -0.39 is 0 Å².